The second-order valence-electron chi connectivity index (χ2n) is 7.36. The van der Waals surface area contributed by atoms with E-state index >= 15 is 0 Å². The van der Waals surface area contributed by atoms with Gasteiger partial charge in [-0.3, -0.25) is 9.69 Å². The monoisotopic (exact) mass is 357 g/mol. The summed E-state index contributed by atoms with van der Waals surface area (Å²) in [5, 5.41) is 16.2. The molecule has 140 valence electrons. The van der Waals surface area contributed by atoms with Gasteiger partial charge in [0.25, 0.3) is 0 Å². The minimum absolute atomic E-state index is 0.178. The standard InChI is InChI=1S/C18H27N7O/c1-14-2-3-16-20-21-18(25(16)22-14)15-4-8-23(9-5-15)12-13-24-10-6-17(26)19-7-11-24/h2-3,15H,4-13H2,1H3,(H,19,26). The number of piperidine rings is 1. The van der Waals surface area contributed by atoms with E-state index in [2.05, 4.69) is 30.4 Å². The Kier molecular flexibility index (Phi) is 5.12. The molecule has 2 aromatic heterocycles. The fraction of sp³-hybridized carbons (Fsp3) is 0.667. The van der Waals surface area contributed by atoms with Crippen LogP contribution in [0, 0.1) is 6.92 Å². The first kappa shape index (κ1) is 17.4. The molecular formula is C18H27N7O. The molecule has 8 nitrogen and oxygen atoms in total. The Labute approximate surface area is 153 Å². The van der Waals surface area contributed by atoms with E-state index in [0.29, 0.717) is 12.3 Å². The van der Waals surface area contributed by atoms with E-state index in [4.69, 9.17) is 0 Å². The van der Waals surface area contributed by atoms with Crippen molar-refractivity contribution in [3.8, 4) is 0 Å². The van der Waals surface area contributed by atoms with Crippen molar-refractivity contribution in [3.63, 3.8) is 0 Å². The minimum atomic E-state index is 0.178. The van der Waals surface area contributed by atoms with Gasteiger partial charge in [0.1, 0.15) is 0 Å². The maximum absolute atomic E-state index is 11.4. The third kappa shape index (κ3) is 3.86. The molecule has 1 amide bonds. The lowest BCUT2D eigenvalue weighted by atomic mass is 9.96. The highest BCUT2D eigenvalue weighted by molar-refractivity contribution is 5.76. The number of fused-ring (bicyclic) bond motifs is 1. The van der Waals surface area contributed by atoms with Crippen LogP contribution in [0.2, 0.25) is 0 Å². The van der Waals surface area contributed by atoms with Crippen LogP contribution in [0.25, 0.3) is 5.65 Å². The topological polar surface area (TPSA) is 78.7 Å². The number of rotatable bonds is 4. The lowest BCUT2D eigenvalue weighted by Crippen LogP contribution is -2.40. The average molecular weight is 357 g/mol. The highest BCUT2D eigenvalue weighted by Crippen LogP contribution is 2.26. The Bertz CT molecular complexity index is 766. The predicted molar refractivity (Wildman–Crippen MR) is 98.0 cm³/mol. The summed E-state index contributed by atoms with van der Waals surface area (Å²) in [6.45, 7) is 8.86. The summed E-state index contributed by atoms with van der Waals surface area (Å²) in [5.74, 6) is 1.61. The SMILES string of the molecule is Cc1ccc2nnc(C3CCN(CCN4CCNC(=O)CC4)CC3)n2n1. The molecule has 8 heteroatoms. The average Bonchev–Trinajstić information content (AvgIpc) is 2.95. The van der Waals surface area contributed by atoms with Crippen molar-refractivity contribution in [1.82, 2.24) is 34.9 Å². The third-order valence-corrected chi connectivity index (χ3v) is 5.51. The van der Waals surface area contributed by atoms with Crippen molar-refractivity contribution in [3.05, 3.63) is 23.7 Å². The molecule has 2 aromatic rings. The van der Waals surface area contributed by atoms with Crippen molar-refractivity contribution in [1.29, 1.82) is 0 Å². The second-order valence-corrected chi connectivity index (χ2v) is 7.36. The minimum Gasteiger partial charge on any atom is -0.355 e. The number of hydrogen-bond acceptors (Lipinski definition) is 6. The number of carbonyl (C=O) groups excluding carboxylic acids is 1. The van der Waals surface area contributed by atoms with Gasteiger partial charge < -0.3 is 10.2 Å². The molecule has 0 spiro atoms. The first-order valence-corrected chi connectivity index (χ1v) is 9.59. The molecule has 0 unspecified atom stereocenters. The van der Waals surface area contributed by atoms with E-state index in [9.17, 15) is 4.79 Å². The Balaban J connectivity index is 1.30. The lowest BCUT2D eigenvalue weighted by molar-refractivity contribution is -0.120. The molecule has 2 aliphatic rings. The molecule has 2 saturated heterocycles. The number of nitrogens with zero attached hydrogens (tertiary/aromatic N) is 6. The van der Waals surface area contributed by atoms with Crippen LogP contribution < -0.4 is 5.32 Å². The molecule has 0 atom stereocenters. The summed E-state index contributed by atoms with van der Waals surface area (Å²) in [6.07, 6.45) is 2.81. The number of hydrogen-bond donors (Lipinski definition) is 1. The summed E-state index contributed by atoms with van der Waals surface area (Å²) < 4.78 is 1.91. The Morgan fingerprint density at radius 3 is 2.65 bits per heavy atom. The van der Waals surface area contributed by atoms with Gasteiger partial charge in [0, 0.05) is 45.1 Å². The van der Waals surface area contributed by atoms with Crippen LogP contribution in [0.3, 0.4) is 0 Å². The van der Waals surface area contributed by atoms with Gasteiger partial charge in [-0.15, -0.1) is 10.2 Å². The van der Waals surface area contributed by atoms with Crippen molar-refractivity contribution in [2.45, 2.75) is 32.1 Å². The molecule has 0 aliphatic carbocycles. The first-order valence-electron chi connectivity index (χ1n) is 9.59. The highest BCUT2D eigenvalue weighted by Gasteiger charge is 2.25. The van der Waals surface area contributed by atoms with Gasteiger partial charge >= 0.3 is 0 Å². The van der Waals surface area contributed by atoms with Gasteiger partial charge in [0.15, 0.2) is 11.5 Å². The molecule has 0 aromatic carbocycles. The highest BCUT2D eigenvalue weighted by atomic mass is 16.1. The van der Waals surface area contributed by atoms with Gasteiger partial charge in [-0.25, -0.2) is 0 Å². The van der Waals surface area contributed by atoms with Gasteiger partial charge in [-0.1, -0.05) is 0 Å². The maximum atomic E-state index is 11.4. The van der Waals surface area contributed by atoms with Gasteiger partial charge in [0.2, 0.25) is 5.91 Å². The summed E-state index contributed by atoms with van der Waals surface area (Å²) in [4.78, 5) is 16.3. The largest absolute Gasteiger partial charge is 0.355 e. The van der Waals surface area contributed by atoms with Crippen LogP contribution >= 0.6 is 0 Å². The van der Waals surface area contributed by atoms with Crippen molar-refractivity contribution >= 4 is 11.6 Å². The summed E-state index contributed by atoms with van der Waals surface area (Å²) in [5.41, 5.74) is 1.82. The normalized spacial score (nSPS) is 21.0. The van der Waals surface area contributed by atoms with Crippen LogP contribution in [0.4, 0.5) is 0 Å². The third-order valence-electron chi connectivity index (χ3n) is 5.51. The van der Waals surface area contributed by atoms with E-state index in [0.717, 1.165) is 75.8 Å². The Hall–Kier alpha value is -2.06. The zero-order valence-electron chi connectivity index (χ0n) is 15.4. The van der Waals surface area contributed by atoms with Crippen LogP contribution in [-0.2, 0) is 4.79 Å². The molecular weight excluding hydrogens is 330 g/mol. The smallest absolute Gasteiger partial charge is 0.221 e. The maximum Gasteiger partial charge on any atom is 0.221 e. The van der Waals surface area contributed by atoms with Gasteiger partial charge in [-0.05, 0) is 45.0 Å². The summed E-state index contributed by atoms with van der Waals surface area (Å²) >= 11 is 0. The van der Waals surface area contributed by atoms with Gasteiger partial charge in [0.05, 0.1) is 5.69 Å². The van der Waals surface area contributed by atoms with Crippen molar-refractivity contribution in [2.24, 2.45) is 0 Å². The Morgan fingerprint density at radius 1 is 1.08 bits per heavy atom. The lowest BCUT2D eigenvalue weighted by Gasteiger charge is -2.32. The summed E-state index contributed by atoms with van der Waals surface area (Å²) in [7, 11) is 0. The van der Waals surface area contributed by atoms with Crippen LogP contribution in [0.15, 0.2) is 12.1 Å². The van der Waals surface area contributed by atoms with Crippen LogP contribution in [0.1, 0.15) is 36.7 Å². The number of aromatic nitrogens is 4. The van der Waals surface area contributed by atoms with E-state index in [1.54, 1.807) is 0 Å². The number of likely N-dealkylation sites (tertiary alicyclic amines) is 1. The van der Waals surface area contributed by atoms with Gasteiger partial charge in [-0.2, -0.15) is 9.61 Å². The van der Waals surface area contributed by atoms with E-state index in [1.165, 1.54) is 0 Å². The van der Waals surface area contributed by atoms with E-state index in [1.807, 2.05) is 23.6 Å². The number of nitrogens with one attached hydrogen (secondary N) is 1. The van der Waals surface area contributed by atoms with Crippen molar-refractivity contribution < 1.29 is 4.79 Å². The predicted octanol–water partition coefficient (Wildman–Crippen LogP) is 0.434. The molecule has 0 bridgehead atoms. The molecule has 2 aliphatic heterocycles. The fourth-order valence-electron chi connectivity index (χ4n) is 3.89. The second kappa shape index (κ2) is 7.67. The molecule has 26 heavy (non-hydrogen) atoms. The van der Waals surface area contributed by atoms with Crippen LogP contribution in [-0.4, -0.2) is 81.3 Å². The number of amides is 1. The molecule has 1 N–H and O–H groups in total. The molecule has 0 saturated carbocycles. The zero-order valence-corrected chi connectivity index (χ0v) is 15.4. The molecule has 4 heterocycles. The zero-order chi connectivity index (χ0) is 17.9. The first-order chi connectivity index (χ1) is 12.7. The van der Waals surface area contributed by atoms with E-state index in [-0.39, 0.29) is 5.91 Å². The van der Waals surface area contributed by atoms with Crippen molar-refractivity contribution in [2.75, 3.05) is 45.8 Å². The molecule has 4 rings (SSSR count). The fourth-order valence-corrected chi connectivity index (χ4v) is 3.89. The summed E-state index contributed by atoms with van der Waals surface area (Å²) in [6, 6.07) is 3.96. The molecule has 0 radical (unpaired) electrons. The number of carbonyl (C=O) groups is 1. The molecule has 2 fully saturated rings. The Morgan fingerprint density at radius 2 is 1.85 bits per heavy atom. The number of aryl methyl sites for hydroxylation is 1. The van der Waals surface area contributed by atoms with E-state index < -0.39 is 0 Å². The van der Waals surface area contributed by atoms with Crippen LogP contribution in [0.5, 0.6) is 0 Å². The quantitative estimate of drug-likeness (QED) is 0.855.